The van der Waals surface area contributed by atoms with Crippen LogP contribution in [0.1, 0.15) is 78.1 Å². The largest absolute Gasteiger partial charge is 0.317 e. The fraction of sp³-hybridized carbons (Fsp3) is 1.00. The molecule has 0 fully saturated rings. The Morgan fingerprint density at radius 3 is 1.50 bits per heavy atom. The van der Waals surface area contributed by atoms with Gasteiger partial charge in [-0.05, 0) is 19.5 Å². The van der Waals surface area contributed by atoms with Crippen LogP contribution in [0.3, 0.4) is 0 Å². The smallest absolute Gasteiger partial charge is 0.00490 e. The van der Waals surface area contributed by atoms with Crippen molar-refractivity contribution in [2.75, 3.05) is 13.1 Å². The molecule has 0 unspecified atom stereocenters. The molecule has 0 bridgehead atoms. The van der Waals surface area contributed by atoms with Crippen LogP contribution >= 0.6 is 0 Å². The highest BCUT2D eigenvalue weighted by Gasteiger charge is 1.91. The SMILES string of the molecule is CCCCCCCCCCCCNCC.F. The zero-order chi connectivity index (χ0) is 11.2. The molecule has 2 heteroatoms. The molecule has 16 heavy (non-hydrogen) atoms. The lowest BCUT2D eigenvalue weighted by atomic mass is 10.1. The molecule has 0 heterocycles. The molecule has 0 spiro atoms. The van der Waals surface area contributed by atoms with Gasteiger partial charge in [0.15, 0.2) is 0 Å². The molecule has 0 aromatic carbocycles. The quantitative estimate of drug-likeness (QED) is 0.483. The molecule has 0 saturated heterocycles. The van der Waals surface area contributed by atoms with Gasteiger partial charge in [0, 0.05) is 0 Å². The van der Waals surface area contributed by atoms with Gasteiger partial charge in [-0.2, -0.15) is 0 Å². The Balaban J connectivity index is 0. The van der Waals surface area contributed by atoms with Crippen LogP contribution in [0.4, 0.5) is 4.70 Å². The predicted octanol–water partition coefficient (Wildman–Crippen LogP) is 4.67. The summed E-state index contributed by atoms with van der Waals surface area (Å²) in [5.41, 5.74) is 0. The Labute approximate surface area is 102 Å². The molecule has 0 amide bonds. The number of rotatable bonds is 12. The predicted molar refractivity (Wildman–Crippen MR) is 72.9 cm³/mol. The van der Waals surface area contributed by atoms with Crippen molar-refractivity contribution < 1.29 is 4.70 Å². The van der Waals surface area contributed by atoms with Gasteiger partial charge in [0.1, 0.15) is 0 Å². The highest BCUT2D eigenvalue weighted by molar-refractivity contribution is 4.49. The van der Waals surface area contributed by atoms with Gasteiger partial charge in [-0.1, -0.05) is 71.6 Å². The summed E-state index contributed by atoms with van der Waals surface area (Å²) >= 11 is 0. The first-order valence-electron chi connectivity index (χ1n) is 7.12. The first kappa shape index (κ1) is 18.3. The van der Waals surface area contributed by atoms with Gasteiger partial charge in [-0.15, -0.1) is 0 Å². The van der Waals surface area contributed by atoms with E-state index in [1.165, 1.54) is 70.8 Å². The Kier molecular flexibility index (Phi) is 19.7. The summed E-state index contributed by atoms with van der Waals surface area (Å²) in [6.45, 7) is 6.80. The number of unbranched alkanes of at least 4 members (excludes halogenated alkanes) is 9. The van der Waals surface area contributed by atoms with Crippen molar-refractivity contribution in [1.82, 2.24) is 5.32 Å². The van der Waals surface area contributed by atoms with Crippen molar-refractivity contribution in [3.8, 4) is 0 Å². The lowest BCUT2D eigenvalue weighted by molar-refractivity contribution is 0.547. The molecule has 0 atom stereocenters. The molecule has 1 nitrogen and oxygen atoms in total. The average molecular weight is 233 g/mol. The van der Waals surface area contributed by atoms with E-state index in [2.05, 4.69) is 19.2 Å². The summed E-state index contributed by atoms with van der Waals surface area (Å²) in [4.78, 5) is 0. The van der Waals surface area contributed by atoms with Gasteiger partial charge < -0.3 is 5.32 Å². The number of nitrogens with one attached hydrogen (secondary N) is 1. The van der Waals surface area contributed by atoms with Crippen molar-refractivity contribution in [2.45, 2.75) is 78.1 Å². The van der Waals surface area contributed by atoms with Crippen molar-refractivity contribution in [3.05, 3.63) is 0 Å². The Morgan fingerprint density at radius 1 is 0.625 bits per heavy atom. The lowest BCUT2D eigenvalue weighted by Crippen LogP contribution is -2.13. The first-order valence-corrected chi connectivity index (χ1v) is 7.12. The van der Waals surface area contributed by atoms with Crippen LogP contribution in [0.5, 0.6) is 0 Å². The molecule has 0 aliphatic rings. The van der Waals surface area contributed by atoms with Gasteiger partial charge in [0.2, 0.25) is 0 Å². The second kappa shape index (κ2) is 17.3. The molecule has 0 aromatic heterocycles. The molecular formula is C14H32FN. The van der Waals surface area contributed by atoms with Gasteiger partial charge in [-0.3, -0.25) is 4.70 Å². The summed E-state index contributed by atoms with van der Waals surface area (Å²) in [6.07, 6.45) is 14.3. The third-order valence-corrected chi connectivity index (χ3v) is 2.96. The second-order valence-electron chi connectivity index (χ2n) is 4.54. The maximum absolute atomic E-state index is 3.37. The zero-order valence-electron chi connectivity index (χ0n) is 11.4. The first-order chi connectivity index (χ1) is 7.41. The van der Waals surface area contributed by atoms with E-state index in [4.69, 9.17) is 0 Å². The fourth-order valence-corrected chi connectivity index (χ4v) is 1.91. The molecule has 0 aliphatic carbocycles. The number of halogens is 1. The van der Waals surface area contributed by atoms with E-state index in [9.17, 15) is 0 Å². The monoisotopic (exact) mass is 233 g/mol. The topological polar surface area (TPSA) is 12.0 Å². The minimum absolute atomic E-state index is 0. The van der Waals surface area contributed by atoms with E-state index < -0.39 is 0 Å². The van der Waals surface area contributed by atoms with Gasteiger partial charge in [0.25, 0.3) is 0 Å². The minimum Gasteiger partial charge on any atom is -0.317 e. The molecule has 0 aliphatic heterocycles. The third kappa shape index (κ3) is 16.3. The molecule has 0 rings (SSSR count). The fourth-order valence-electron chi connectivity index (χ4n) is 1.91. The van der Waals surface area contributed by atoms with E-state index in [-0.39, 0.29) is 4.70 Å². The van der Waals surface area contributed by atoms with Crippen LogP contribution in [0, 0.1) is 0 Å². The maximum Gasteiger partial charge on any atom is -0.00490 e. The van der Waals surface area contributed by atoms with Crippen LogP contribution in [-0.2, 0) is 0 Å². The van der Waals surface area contributed by atoms with E-state index in [1.807, 2.05) is 0 Å². The number of hydrogen-bond donors (Lipinski definition) is 1. The van der Waals surface area contributed by atoms with Crippen LogP contribution in [0.25, 0.3) is 0 Å². The summed E-state index contributed by atoms with van der Waals surface area (Å²) in [5, 5.41) is 3.37. The third-order valence-electron chi connectivity index (χ3n) is 2.96. The van der Waals surface area contributed by atoms with Crippen LogP contribution in [-0.4, -0.2) is 13.1 Å². The van der Waals surface area contributed by atoms with Crippen LogP contribution in [0.15, 0.2) is 0 Å². The summed E-state index contributed by atoms with van der Waals surface area (Å²) in [6, 6.07) is 0. The molecular weight excluding hydrogens is 201 g/mol. The Morgan fingerprint density at radius 2 is 1.06 bits per heavy atom. The maximum atomic E-state index is 3.37. The normalized spacial score (nSPS) is 10.1. The zero-order valence-corrected chi connectivity index (χ0v) is 11.4. The van der Waals surface area contributed by atoms with Crippen molar-refractivity contribution in [3.63, 3.8) is 0 Å². The van der Waals surface area contributed by atoms with Crippen molar-refractivity contribution in [2.24, 2.45) is 0 Å². The van der Waals surface area contributed by atoms with E-state index in [1.54, 1.807) is 0 Å². The van der Waals surface area contributed by atoms with E-state index in [0.717, 1.165) is 6.54 Å². The highest BCUT2D eigenvalue weighted by atomic mass is 19.0. The van der Waals surface area contributed by atoms with Gasteiger partial charge >= 0.3 is 0 Å². The molecule has 0 radical (unpaired) electrons. The second-order valence-corrected chi connectivity index (χ2v) is 4.54. The lowest BCUT2D eigenvalue weighted by Gasteiger charge is -2.02. The van der Waals surface area contributed by atoms with Crippen LogP contribution < -0.4 is 5.32 Å². The Hall–Kier alpha value is -0.110. The standard InChI is InChI=1S/C14H31N.FH/c1-3-5-6-7-8-9-10-11-12-13-14-15-4-2;/h15H,3-14H2,1-2H3;1H. The van der Waals surface area contributed by atoms with Gasteiger partial charge in [0.05, 0.1) is 0 Å². The van der Waals surface area contributed by atoms with Crippen molar-refractivity contribution >= 4 is 0 Å². The van der Waals surface area contributed by atoms with Gasteiger partial charge in [-0.25, -0.2) is 0 Å². The molecule has 0 aromatic rings. The van der Waals surface area contributed by atoms with Crippen molar-refractivity contribution in [1.29, 1.82) is 0 Å². The summed E-state index contributed by atoms with van der Waals surface area (Å²) in [7, 11) is 0. The van der Waals surface area contributed by atoms with E-state index in [0.29, 0.717) is 0 Å². The molecule has 0 saturated carbocycles. The Bertz CT molecular complexity index is 94.9. The highest BCUT2D eigenvalue weighted by Crippen LogP contribution is 2.10. The molecule has 100 valence electrons. The average Bonchev–Trinajstić information content (AvgIpc) is 2.26. The van der Waals surface area contributed by atoms with E-state index >= 15 is 0 Å². The number of hydrogen-bond acceptors (Lipinski definition) is 1. The molecule has 1 N–H and O–H groups in total. The minimum atomic E-state index is 0. The summed E-state index contributed by atoms with van der Waals surface area (Å²) in [5.74, 6) is 0. The summed E-state index contributed by atoms with van der Waals surface area (Å²) < 4.78 is 0. The van der Waals surface area contributed by atoms with Crippen LogP contribution in [0.2, 0.25) is 0 Å².